The Hall–Kier alpha value is -2.61. The molecule has 2 aromatic rings. The molecule has 2 heterocycles. The van der Waals surface area contributed by atoms with E-state index in [1.54, 1.807) is 29.1 Å². The van der Waals surface area contributed by atoms with Gasteiger partial charge < -0.3 is 9.67 Å². The third-order valence-electron chi connectivity index (χ3n) is 3.79. The Kier molecular flexibility index (Phi) is 3.71. The standard InChI is InChI=1S/C16H14F3N3O2/c1-11-10-15(24,16(17,18)19)22(20-11)14(23)12-4-6-13(7-5-12)21-8-2-3-9-21/h2-9,24H,10H2,1H3. The van der Waals surface area contributed by atoms with Gasteiger partial charge >= 0.3 is 6.18 Å². The van der Waals surface area contributed by atoms with Crippen molar-refractivity contribution in [3.8, 4) is 5.69 Å². The predicted octanol–water partition coefficient (Wildman–Crippen LogP) is 2.95. The summed E-state index contributed by atoms with van der Waals surface area (Å²) in [7, 11) is 0. The molecule has 1 atom stereocenters. The van der Waals surface area contributed by atoms with Crippen molar-refractivity contribution in [2.24, 2.45) is 5.10 Å². The molecule has 1 N–H and O–H groups in total. The highest BCUT2D eigenvalue weighted by molar-refractivity contribution is 5.98. The van der Waals surface area contributed by atoms with Crippen LogP contribution in [-0.4, -0.2) is 38.2 Å². The van der Waals surface area contributed by atoms with Crippen LogP contribution in [0.3, 0.4) is 0 Å². The van der Waals surface area contributed by atoms with Crippen molar-refractivity contribution in [2.45, 2.75) is 25.2 Å². The van der Waals surface area contributed by atoms with Gasteiger partial charge in [-0.25, -0.2) is 0 Å². The number of benzene rings is 1. The molecule has 1 aliphatic rings. The van der Waals surface area contributed by atoms with E-state index < -0.39 is 24.2 Å². The normalized spacial score (nSPS) is 21.0. The van der Waals surface area contributed by atoms with E-state index in [0.29, 0.717) is 0 Å². The Morgan fingerprint density at radius 3 is 2.33 bits per heavy atom. The Morgan fingerprint density at radius 1 is 1.21 bits per heavy atom. The molecule has 8 heteroatoms. The number of halogens is 3. The maximum atomic E-state index is 13.2. The number of aromatic nitrogens is 1. The minimum absolute atomic E-state index is 0.00651. The van der Waals surface area contributed by atoms with E-state index in [9.17, 15) is 23.1 Å². The average molecular weight is 337 g/mol. The summed E-state index contributed by atoms with van der Waals surface area (Å²) in [6, 6.07) is 9.66. The van der Waals surface area contributed by atoms with Gasteiger partial charge in [0, 0.05) is 35.8 Å². The van der Waals surface area contributed by atoms with Gasteiger partial charge in [-0.1, -0.05) is 0 Å². The Bertz CT molecular complexity index is 782. The van der Waals surface area contributed by atoms with Crippen molar-refractivity contribution < 1.29 is 23.1 Å². The molecule has 3 rings (SSSR count). The Balaban J connectivity index is 1.91. The number of aliphatic hydroxyl groups is 1. The summed E-state index contributed by atoms with van der Waals surface area (Å²) in [5.41, 5.74) is -2.52. The molecular formula is C16H14F3N3O2. The number of amides is 1. The molecule has 0 saturated heterocycles. The van der Waals surface area contributed by atoms with Gasteiger partial charge in [0.05, 0.1) is 0 Å². The van der Waals surface area contributed by atoms with Crippen LogP contribution in [0.1, 0.15) is 23.7 Å². The van der Waals surface area contributed by atoms with E-state index in [1.165, 1.54) is 19.1 Å². The number of nitrogens with zero attached hydrogens (tertiary/aromatic N) is 3. The Labute approximate surface area is 135 Å². The lowest BCUT2D eigenvalue weighted by atomic mass is 10.1. The first-order valence-corrected chi connectivity index (χ1v) is 7.13. The first-order valence-electron chi connectivity index (χ1n) is 7.13. The summed E-state index contributed by atoms with van der Waals surface area (Å²) in [5.74, 6) is -1.01. The largest absolute Gasteiger partial charge is 0.438 e. The van der Waals surface area contributed by atoms with Crippen molar-refractivity contribution >= 4 is 11.6 Å². The van der Waals surface area contributed by atoms with Gasteiger partial charge in [0.1, 0.15) is 0 Å². The monoisotopic (exact) mass is 337 g/mol. The number of carbonyl (C=O) groups excluding carboxylic acids is 1. The summed E-state index contributed by atoms with van der Waals surface area (Å²) in [4.78, 5) is 12.4. The maximum absolute atomic E-state index is 13.2. The highest BCUT2D eigenvalue weighted by atomic mass is 19.4. The zero-order chi connectivity index (χ0) is 17.5. The molecule has 24 heavy (non-hydrogen) atoms. The second kappa shape index (κ2) is 5.48. The summed E-state index contributed by atoms with van der Waals surface area (Å²) in [5, 5.41) is 13.7. The number of alkyl halides is 3. The fraction of sp³-hybridized carbons (Fsp3) is 0.250. The quantitative estimate of drug-likeness (QED) is 0.916. The van der Waals surface area contributed by atoms with Crippen LogP contribution in [0.5, 0.6) is 0 Å². The molecular weight excluding hydrogens is 323 g/mol. The first kappa shape index (κ1) is 16.3. The second-order valence-electron chi connectivity index (χ2n) is 5.58. The number of rotatable bonds is 2. The van der Waals surface area contributed by atoms with Gasteiger partial charge in [-0.2, -0.15) is 23.3 Å². The summed E-state index contributed by atoms with van der Waals surface area (Å²) in [6.07, 6.45) is -2.17. The van der Waals surface area contributed by atoms with Crippen LogP contribution in [0.15, 0.2) is 53.9 Å². The number of carbonyl (C=O) groups is 1. The molecule has 1 aliphatic heterocycles. The van der Waals surface area contributed by atoms with Crippen LogP contribution < -0.4 is 0 Å². The van der Waals surface area contributed by atoms with Gasteiger partial charge in [0.15, 0.2) is 0 Å². The molecule has 0 aliphatic carbocycles. The highest BCUT2D eigenvalue weighted by Gasteiger charge is 2.62. The second-order valence-corrected chi connectivity index (χ2v) is 5.58. The zero-order valence-corrected chi connectivity index (χ0v) is 12.7. The first-order chi connectivity index (χ1) is 11.2. The molecule has 0 bridgehead atoms. The SMILES string of the molecule is CC1=NN(C(=O)c2ccc(-n3cccc3)cc2)C(O)(C(F)(F)F)C1. The van der Waals surface area contributed by atoms with E-state index in [4.69, 9.17) is 0 Å². The van der Waals surface area contributed by atoms with Crippen molar-refractivity contribution in [3.63, 3.8) is 0 Å². The molecule has 1 amide bonds. The van der Waals surface area contributed by atoms with Gasteiger partial charge in [-0.05, 0) is 43.3 Å². The summed E-state index contributed by atoms with van der Waals surface area (Å²) < 4.78 is 41.3. The number of hydrazone groups is 1. The van der Waals surface area contributed by atoms with Crippen LogP contribution in [-0.2, 0) is 0 Å². The minimum atomic E-state index is -5.00. The van der Waals surface area contributed by atoms with Gasteiger partial charge in [-0.3, -0.25) is 4.79 Å². The molecule has 0 radical (unpaired) electrons. The third-order valence-corrected chi connectivity index (χ3v) is 3.79. The predicted molar refractivity (Wildman–Crippen MR) is 80.7 cm³/mol. The van der Waals surface area contributed by atoms with E-state index in [2.05, 4.69) is 5.10 Å². The molecule has 1 unspecified atom stereocenters. The highest BCUT2D eigenvalue weighted by Crippen LogP contribution is 2.40. The van der Waals surface area contributed by atoms with E-state index >= 15 is 0 Å². The van der Waals surface area contributed by atoms with E-state index in [1.807, 2.05) is 12.1 Å². The molecule has 0 saturated carbocycles. The molecule has 5 nitrogen and oxygen atoms in total. The molecule has 126 valence electrons. The van der Waals surface area contributed by atoms with Crippen molar-refractivity contribution in [3.05, 3.63) is 54.4 Å². The van der Waals surface area contributed by atoms with Crippen LogP contribution in [0.25, 0.3) is 5.69 Å². The molecule has 1 aromatic heterocycles. The third kappa shape index (κ3) is 2.58. The minimum Gasteiger partial charge on any atom is -0.362 e. The zero-order valence-electron chi connectivity index (χ0n) is 12.7. The van der Waals surface area contributed by atoms with Crippen molar-refractivity contribution in [2.75, 3.05) is 0 Å². The molecule has 0 fully saturated rings. The van der Waals surface area contributed by atoms with Gasteiger partial charge in [-0.15, -0.1) is 0 Å². The molecule has 0 spiro atoms. The van der Waals surface area contributed by atoms with Crippen LogP contribution in [0.2, 0.25) is 0 Å². The number of hydrogen-bond acceptors (Lipinski definition) is 3. The van der Waals surface area contributed by atoms with E-state index in [-0.39, 0.29) is 16.3 Å². The maximum Gasteiger partial charge on any atom is 0.438 e. The van der Waals surface area contributed by atoms with Crippen LogP contribution in [0.4, 0.5) is 13.2 Å². The van der Waals surface area contributed by atoms with Gasteiger partial charge in [0.2, 0.25) is 0 Å². The lowest BCUT2D eigenvalue weighted by molar-refractivity contribution is -0.297. The number of hydrogen-bond donors (Lipinski definition) is 1. The van der Waals surface area contributed by atoms with Crippen molar-refractivity contribution in [1.29, 1.82) is 0 Å². The van der Waals surface area contributed by atoms with Crippen molar-refractivity contribution in [1.82, 2.24) is 9.58 Å². The lowest BCUT2D eigenvalue weighted by Gasteiger charge is -2.32. The smallest absolute Gasteiger partial charge is 0.362 e. The lowest BCUT2D eigenvalue weighted by Crippen LogP contribution is -2.56. The summed E-state index contributed by atoms with van der Waals surface area (Å²) in [6.45, 7) is 1.33. The topological polar surface area (TPSA) is 57.8 Å². The van der Waals surface area contributed by atoms with Crippen LogP contribution in [0, 0.1) is 0 Å². The fourth-order valence-corrected chi connectivity index (χ4v) is 2.56. The average Bonchev–Trinajstić information content (AvgIpc) is 3.14. The van der Waals surface area contributed by atoms with Crippen LogP contribution >= 0.6 is 0 Å². The summed E-state index contributed by atoms with van der Waals surface area (Å²) >= 11 is 0. The Morgan fingerprint density at radius 2 is 1.79 bits per heavy atom. The van der Waals surface area contributed by atoms with Gasteiger partial charge in [0.25, 0.3) is 11.6 Å². The van der Waals surface area contributed by atoms with E-state index in [0.717, 1.165) is 5.69 Å². The fourth-order valence-electron chi connectivity index (χ4n) is 2.56. The molecule has 1 aromatic carbocycles.